The highest BCUT2D eigenvalue weighted by Gasteiger charge is 2.40. The van der Waals surface area contributed by atoms with Crippen LogP contribution in [0.25, 0.3) is 0 Å². The highest BCUT2D eigenvalue weighted by molar-refractivity contribution is 6.32. The fourth-order valence-electron chi connectivity index (χ4n) is 3.87. The van der Waals surface area contributed by atoms with E-state index in [-0.39, 0.29) is 22.5 Å². The predicted molar refractivity (Wildman–Crippen MR) is 88.8 cm³/mol. The number of nitrogens with zero attached hydrogens (tertiary/aromatic N) is 1. The molecule has 1 aromatic rings. The first-order valence-electron chi connectivity index (χ1n) is 7.72. The third-order valence-electron chi connectivity index (χ3n) is 4.73. The van der Waals surface area contributed by atoms with Crippen molar-refractivity contribution >= 4 is 17.5 Å². The number of carbonyl (C=O) groups excluding carboxylic acids is 1. The summed E-state index contributed by atoms with van der Waals surface area (Å²) >= 11 is 6.02. The monoisotopic (exact) mass is 316 g/mol. The number of pyridine rings is 1. The van der Waals surface area contributed by atoms with Crippen molar-refractivity contribution < 1.29 is 4.79 Å². The van der Waals surface area contributed by atoms with Crippen molar-refractivity contribution in [3.05, 3.63) is 52.3 Å². The first-order chi connectivity index (χ1) is 10.4. The zero-order valence-corrected chi connectivity index (χ0v) is 13.9. The maximum absolute atomic E-state index is 12.5. The van der Waals surface area contributed by atoms with E-state index in [1.165, 1.54) is 11.1 Å². The average Bonchev–Trinajstić information content (AvgIpc) is 2.70. The van der Waals surface area contributed by atoms with E-state index < -0.39 is 0 Å². The number of halogens is 1. The Kier molecular flexibility index (Phi) is 3.85. The minimum Gasteiger partial charge on any atom is -0.345 e. The van der Waals surface area contributed by atoms with Crippen LogP contribution in [0.2, 0.25) is 5.15 Å². The average molecular weight is 317 g/mol. The topological polar surface area (TPSA) is 42.0 Å². The van der Waals surface area contributed by atoms with Gasteiger partial charge in [0, 0.05) is 6.20 Å². The van der Waals surface area contributed by atoms with E-state index in [0.717, 1.165) is 12.8 Å². The lowest BCUT2D eigenvalue weighted by Gasteiger charge is -2.27. The highest BCUT2D eigenvalue weighted by atomic mass is 35.5. The molecule has 0 spiro atoms. The van der Waals surface area contributed by atoms with Gasteiger partial charge in [-0.05, 0) is 47.5 Å². The third-order valence-corrected chi connectivity index (χ3v) is 5.03. The van der Waals surface area contributed by atoms with E-state index in [4.69, 9.17) is 11.6 Å². The van der Waals surface area contributed by atoms with Crippen molar-refractivity contribution in [1.29, 1.82) is 0 Å². The Morgan fingerprint density at radius 2 is 2.23 bits per heavy atom. The Labute approximate surface area is 136 Å². The van der Waals surface area contributed by atoms with Gasteiger partial charge >= 0.3 is 0 Å². The molecule has 2 unspecified atom stereocenters. The van der Waals surface area contributed by atoms with E-state index in [9.17, 15) is 4.79 Å². The standard InChI is InChI=1S/C18H21ClN2O/c1-11-10-18(2,3)13-7-4-8-14(15(11)13)21-17(22)12-6-5-9-20-16(12)19/h4-7,9,11,14H,8,10H2,1-3H3,(H,21,22). The number of hydrogen-bond donors (Lipinski definition) is 1. The molecule has 0 aliphatic heterocycles. The second-order valence-electron chi connectivity index (χ2n) is 6.86. The first-order valence-corrected chi connectivity index (χ1v) is 8.10. The molecule has 116 valence electrons. The number of rotatable bonds is 2. The van der Waals surface area contributed by atoms with Crippen LogP contribution >= 0.6 is 11.6 Å². The Morgan fingerprint density at radius 1 is 1.45 bits per heavy atom. The normalized spacial score (nSPS) is 26.0. The molecule has 2 atom stereocenters. The van der Waals surface area contributed by atoms with Crippen molar-refractivity contribution in [2.75, 3.05) is 0 Å². The van der Waals surface area contributed by atoms with Gasteiger partial charge in [-0.1, -0.05) is 44.5 Å². The number of carbonyl (C=O) groups is 1. The van der Waals surface area contributed by atoms with Gasteiger partial charge in [0.25, 0.3) is 5.91 Å². The molecule has 0 bridgehead atoms. The largest absolute Gasteiger partial charge is 0.345 e. The number of amides is 1. The molecule has 0 aromatic carbocycles. The van der Waals surface area contributed by atoms with Crippen molar-refractivity contribution in [3.63, 3.8) is 0 Å². The second-order valence-corrected chi connectivity index (χ2v) is 7.22. The third kappa shape index (κ3) is 2.58. The van der Waals surface area contributed by atoms with Crippen molar-refractivity contribution in [1.82, 2.24) is 10.3 Å². The SMILES string of the molecule is CC1CC(C)(C)C2=C1C(NC(=O)c1cccnc1Cl)CC=C2. The lowest BCUT2D eigenvalue weighted by atomic mass is 9.82. The maximum atomic E-state index is 12.5. The van der Waals surface area contributed by atoms with Gasteiger partial charge in [0.1, 0.15) is 5.15 Å². The summed E-state index contributed by atoms with van der Waals surface area (Å²) in [6.07, 6.45) is 7.95. The summed E-state index contributed by atoms with van der Waals surface area (Å²) in [5, 5.41) is 3.39. The molecular formula is C18H21ClN2O. The predicted octanol–water partition coefficient (Wildman–Crippen LogP) is 4.16. The summed E-state index contributed by atoms with van der Waals surface area (Å²) in [4.78, 5) is 16.5. The quantitative estimate of drug-likeness (QED) is 0.833. The lowest BCUT2D eigenvalue weighted by molar-refractivity contribution is 0.0941. The minimum atomic E-state index is -0.151. The number of nitrogens with one attached hydrogen (secondary N) is 1. The molecule has 3 rings (SSSR count). The molecule has 1 N–H and O–H groups in total. The molecule has 1 amide bonds. The van der Waals surface area contributed by atoms with Crippen LogP contribution in [0.3, 0.4) is 0 Å². The van der Waals surface area contributed by atoms with Crippen LogP contribution in [0.1, 0.15) is 44.0 Å². The highest BCUT2D eigenvalue weighted by Crippen LogP contribution is 2.49. The molecule has 4 heteroatoms. The Morgan fingerprint density at radius 3 is 2.95 bits per heavy atom. The zero-order valence-electron chi connectivity index (χ0n) is 13.2. The van der Waals surface area contributed by atoms with Gasteiger partial charge in [0.15, 0.2) is 0 Å². The molecule has 2 aliphatic rings. The van der Waals surface area contributed by atoms with Gasteiger partial charge < -0.3 is 5.32 Å². The molecule has 2 aliphatic carbocycles. The summed E-state index contributed by atoms with van der Waals surface area (Å²) in [6.45, 7) is 6.80. The Bertz CT molecular complexity index is 675. The number of aromatic nitrogens is 1. The van der Waals surface area contributed by atoms with Gasteiger partial charge in [-0.15, -0.1) is 0 Å². The molecule has 22 heavy (non-hydrogen) atoms. The molecule has 3 nitrogen and oxygen atoms in total. The summed E-state index contributed by atoms with van der Waals surface area (Å²) < 4.78 is 0. The molecule has 1 aromatic heterocycles. The van der Waals surface area contributed by atoms with E-state index in [2.05, 4.69) is 43.2 Å². The van der Waals surface area contributed by atoms with Crippen LogP contribution in [0.15, 0.2) is 41.6 Å². The summed E-state index contributed by atoms with van der Waals surface area (Å²) in [6, 6.07) is 3.49. The zero-order chi connectivity index (χ0) is 15.9. The van der Waals surface area contributed by atoms with Gasteiger partial charge in [0.2, 0.25) is 0 Å². The second kappa shape index (κ2) is 5.54. The van der Waals surface area contributed by atoms with Crippen molar-refractivity contribution in [3.8, 4) is 0 Å². The van der Waals surface area contributed by atoms with Crippen LogP contribution < -0.4 is 5.32 Å². The van der Waals surface area contributed by atoms with Crippen LogP contribution in [-0.4, -0.2) is 16.9 Å². The van der Waals surface area contributed by atoms with E-state index in [1.54, 1.807) is 18.3 Å². The van der Waals surface area contributed by atoms with Crippen LogP contribution in [-0.2, 0) is 0 Å². The smallest absolute Gasteiger partial charge is 0.254 e. The molecule has 0 fully saturated rings. The Balaban J connectivity index is 1.86. The van der Waals surface area contributed by atoms with Crippen LogP contribution in [0.5, 0.6) is 0 Å². The fourth-order valence-corrected chi connectivity index (χ4v) is 4.08. The summed E-state index contributed by atoms with van der Waals surface area (Å²) in [7, 11) is 0. The van der Waals surface area contributed by atoms with Gasteiger partial charge in [-0.3, -0.25) is 4.79 Å². The van der Waals surface area contributed by atoms with Gasteiger partial charge in [-0.25, -0.2) is 4.98 Å². The van der Waals surface area contributed by atoms with Crippen LogP contribution in [0.4, 0.5) is 0 Å². The molecular weight excluding hydrogens is 296 g/mol. The van der Waals surface area contributed by atoms with E-state index in [0.29, 0.717) is 11.5 Å². The van der Waals surface area contributed by atoms with E-state index >= 15 is 0 Å². The summed E-state index contributed by atoms with van der Waals surface area (Å²) in [5.41, 5.74) is 3.38. The molecule has 0 saturated carbocycles. The molecule has 0 radical (unpaired) electrons. The minimum absolute atomic E-state index is 0.0561. The van der Waals surface area contributed by atoms with Crippen molar-refractivity contribution in [2.45, 2.75) is 39.7 Å². The lowest BCUT2D eigenvalue weighted by Crippen LogP contribution is -2.38. The van der Waals surface area contributed by atoms with Crippen molar-refractivity contribution in [2.24, 2.45) is 11.3 Å². The van der Waals surface area contributed by atoms with Crippen LogP contribution in [0, 0.1) is 11.3 Å². The summed E-state index contributed by atoms with van der Waals surface area (Å²) in [5.74, 6) is 0.340. The van der Waals surface area contributed by atoms with E-state index in [1.807, 2.05) is 0 Å². The first kappa shape index (κ1) is 15.3. The fraction of sp³-hybridized carbons (Fsp3) is 0.444. The maximum Gasteiger partial charge on any atom is 0.254 e. The number of hydrogen-bond acceptors (Lipinski definition) is 2. The van der Waals surface area contributed by atoms with Gasteiger partial charge in [0.05, 0.1) is 11.6 Å². The van der Waals surface area contributed by atoms with Gasteiger partial charge in [-0.2, -0.15) is 0 Å². The molecule has 0 saturated heterocycles. The molecule has 1 heterocycles. The number of allylic oxidation sites excluding steroid dienone is 2. The Hall–Kier alpha value is -1.61.